The minimum absolute atomic E-state index is 0.0248. The zero-order chi connectivity index (χ0) is 26.4. The molecule has 11 nitrogen and oxygen atoms in total. The van der Waals surface area contributed by atoms with Crippen LogP contribution in [0.4, 0.5) is 0 Å². The van der Waals surface area contributed by atoms with Crippen LogP contribution >= 0.6 is 0 Å². The fourth-order valence-electron chi connectivity index (χ4n) is 4.51. The lowest BCUT2D eigenvalue weighted by atomic mass is 9.87. The van der Waals surface area contributed by atoms with E-state index in [4.69, 9.17) is 18.9 Å². The van der Waals surface area contributed by atoms with E-state index in [-0.39, 0.29) is 17.4 Å². The number of aromatic hydroxyl groups is 1. The van der Waals surface area contributed by atoms with Gasteiger partial charge in [0.25, 0.3) is 5.91 Å². The molecular weight excluding hydrogens is 472 g/mol. The number of amides is 1. The number of ether oxygens (including phenoxy) is 4. The molecule has 11 heteroatoms. The number of hydrogen-bond acceptors (Lipinski definition) is 10. The Bertz CT molecular complexity index is 974. The van der Waals surface area contributed by atoms with E-state index < -0.39 is 66.3 Å². The quantitative estimate of drug-likeness (QED) is 0.416. The smallest absolute Gasteiger partial charge is 0.332 e. The highest BCUT2D eigenvalue weighted by molar-refractivity contribution is 5.98. The van der Waals surface area contributed by atoms with E-state index >= 15 is 0 Å². The van der Waals surface area contributed by atoms with Gasteiger partial charge in [-0.3, -0.25) is 14.4 Å². The van der Waals surface area contributed by atoms with Gasteiger partial charge in [-0.15, -0.1) is 0 Å². The number of nitrogens with zero attached hydrogens (tertiary/aromatic N) is 1. The SMILES string of the molecule is COc1ccnc(C(=O)NC2COC(=O)C(CC3CCCC3)C(OC(=O)C(C)C)C(C)OC2=O)c1O. The minimum Gasteiger partial charge on any atom is -0.503 e. The summed E-state index contributed by atoms with van der Waals surface area (Å²) < 4.78 is 21.7. The summed E-state index contributed by atoms with van der Waals surface area (Å²) in [5.41, 5.74) is -0.371. The van der Waals surface area contributed by atoms with Gasteiger partial charge in [0.15, 0.2) is 29.3 Å². The summed E-state index contributed by atoms with van der Waals surface area (Å²) in [4.78, 5) is 55.2. The van der Waals surface area contributed by atoms with Gasteiger partial charge < -0.3 is 29.4 Å². The highest BCUT2D eigenvalue weighted by Crippen LogP contribution is 2.34. The average molecular weight is 507 g/mol. The van der Waals surface area contributed by atoms with Crippen molar-refractivity contribution in [2.45, 2.75) is 71.1 Å². The maximum Gasteiger partial charge on any atom is 0.332 e. The second-order valence-corrected chi connectivity index (χ2v) is 9.56. The Morgan fingerprint density at radius 1 is 1.22 bits per heavy atom. The fourth-order valence-corrected chi connectivity index (χ4v) is 4.51. The van der Waals surface area contributed by atoms with Crippen molar-refractivity contribution in [1.82, 2.24) is 10.3 Å². The molecule has 0 aromatic carbocycles. The Morgan fingerprint density at radius 3 is 2.56 bits per heavy atom. The summed E-state index contributed by atoms with van der Waals surface area (Å²) >= 11 is 0. The van der Waals surface area contributed by atoms with Crippen molar-refractivity contribution in [3.63, 3.8) is 0 Å². The molecule has 0 radical (unpaired) electrons. The maximum absolute atomic E-state index is 13.2. The summed E-state index contributed by atoms with van der Waals surface area (Å²) in [7, 11) is 1.32. The summed E-state index contributed by atoms with van der Waals surface area (Å²) in [5.74, 6) is -4.39. The van der Waals surface area contributed by atoms with Gasteiger partial charge in [-0.1, -0.05) is 39.5 Å². The van der Waals surface area contributed by atoms with Crippen LogP contribution in [0.25, 0.3) is 0 Å². The normalized spacial score (nSPS) is 25.2. The van der Waals surface area contributed by atoms with Gasteiger partial charge in [-0.05, 0) is 19.3 Å². The Morgan fingerprint density at radius 2 is 1.92 bits per heavy atom. The van der Waals surface area contributed by atoms with Gasteiger partial charge in [0.05, 0.1) is 18.9 Å². The zero-order valence-electron chi connectivity index (χ0n) is 21.0. The number of methoxy groups -OCH3 is 1. The molecule has 1 amide bonds. The van der Waals surface area contributed by atoms with Gasteiger partial charge in [-0.25, -0.2) is 9.78 Å². The predicted molar refractivity (Wildman–Crippen MR) is 125 cm³/mol. The lowest BCUT2D eigenvalue weighted by Gasteiger charge is -2.31. The molecule has 1 saturated carbocycles. The molecule has 1 aliphatic heterocycles. The molecule has 4 atom stereocenters. The number of carbonyl (C=O) groups excluding carboxylic acids is 4. The third-order valence-electron chi connectivity index (χ3n) is 6.55. The van der Waals surface area contributed by atoms with Crippen LogP contribution in [0.3, 0.4) is 0 Å². The molecule has 2 N–H and O–H groups in total. The molecule has 1 aromatic heterocycles. The predicted octanol–water partition coefficient (Wildman–Crippen LogP) is 2.15. The number of hydrogen-bond donors (Lipinski definition) is 2. The van der Waals surface area contributed by atoms with Gasteiger partial charge in [0.2, 0.25) is 0 Å². The van der Waals surface area contributed by atoms with Crippen molar-refractivity contribution in [2.24, 2.45) is 17.8 Å². The first-order chi connectivity index (χ1) is 17.1. The maximum atomic E-state index is 13.2. The van der Waals surface area contributed by atoms with E-state index in [1.165, 1.54) is 19.4 Å². The number of pyridine rings is 1. The van der Waals surface area contributed by atoms with Crippen molar-refractivity contribution in [3.8, 4) is 11.5 Å². The largest absolute Gasteiger partial charge is 0.503 e. The minimum atomic E-state index is -1.37. The first-order valence-corrected chi connectivity index (χ1v) is 12.2. The second kappa shape index (κ2) is 12.0. The van der Waals surface area contributed by atoms with E-state index in [0.29, 0.717) is 6.42 Å². The molecule has 198 valence electrons. The van der Waals surface area contributed by atoms with Crippen molar-refractivity contribution in [1.29, 1.82) is 0 Å². The monoisotopic (exact) mass is 506 g/mol. The van der Waals surface area contributed by atoms with Crippen LogP contribution in [0.1, 0.15) is 63.4 Å². The lowest BCUT2D eigenvalue weighted by molar-refractivity contribution is -0.177. The van der Waals surface area contributed by atoms with Crippen LogP contribution < -0.4 is 10.1 Å². The van der Waals surface area contributed by atoms with Crippen LogP contribution in [-0.4, -0.2) is 65.9 Å². The molecule has 4 unspecified atom stereocenters. The number of nitrogens with one attached hydrogen (secondary N) is 1. The molecule has 2 fully saturated rings. The summed E-state index contributed by atoms with van der Waals surface area (Å²) in [6.07, 6.45) is 3.74. The number of rotatable bonds is 7. The standard InChI is InChI=1S/C25H34N2O9/c1-13(2)23(30)36-21-14(3)35-25(32)17(12-34-24(31)16(21)11-15-7-5-6-8-15)27-22(29)19-20(28)18(33-4)9-10-26-19/h9-10,13-17,21,28H,5-8,11-12H2,1-4H3,(H,27,29). The van der Waals surface area contributed by atoms with E-state index in [1.54, 1.807) is 20.8 Å². The van der Waals surface area contributed by atoms with E-state index in [2.05, 4.69) is 10.3 Å². The van der Waals surface area contributed by atoms with Crippen LogP contribution in [-0.2, 0) is 28.6 Å². The van der Waals surface area contributed by atoms with Crippen LogP contribution in [0.2, 0.25) is 0 Å². The van der Waals surface area contributed by atoms with Gasteiger partial charge in [0, 0.05) is 12.3 Å². The Labute approximate surface area is 209 Å². The molecule has 1 aromatic rings. The molecule has 1 saturated heterocycles. The number of cyclic esters (lactones) is 2. The van der Waals surface area contributed by atoms with Gasteiger partial charge >= 0.3 is 17.9 Å². The molecule has 0 bridgehead atoms. The van der Waals surface area contributed by atoms with Gasteiger partial charge in [0.1, 0.15) is 12.7 Å². The number of esters is 3. The van der Waals surface area contributed by atoms with E-state index in [9.17, 15) is 24.3 Å². The topological polar surface area (TPSA) is 150 Å². The molecule has 2 aliphatic rings. The Kier molecular flexibility index (Phi) is 9.11. The molecule has 2 heterocycles. The lowest BCUT2D eigenvalue weighted by Crippen LogP contribution is -2.47. The third kappa shape index (κ3) is 6.44. The number of aromatic nitrogens is 1. The zero-order valence-corrected chi connectivity index (χ0v) is 21.0. The van der Waals surface area contributed by atoms with Gasteiger partial charge in [-0.2, -0.15) is 0 Å². The molecule has 0 spiro atoms. The average Bonchev–Trinajstić information content (AvgIpc) is 3.36. The van der Waals surface area contributed by atoms with E-state index in [0.717, 1.165) is 25.7 Å². The van der Waals surface area contributed by atoms with Crippen molar-refractivity contribution >= 4 is 23.8 Å². The summed E-state index contributed by atoms with van der Waals surface area (Å²) in [5, 5.41) is 12.6. The van der Waals surface area contributed by atoms with Crippen LogP contribution in [0, 0.1) is 17.8 Å². The van der Waals surface area contributed by atoms with Crippen LogP contribution in [0.5, 0.6) is 11.5 Å². The highest BCUT2D eigenvalue weighted by Gasteiger charge is 2.43. The Balaban J connectivity index is 1.83. The molecular formula is C25H34N2O9. The Hall–Kier alpha value is -3.37. The summed E-state index contributed by atoms with van der Waals surface area (Å²) in [6, 6.07) is -0.00429. The van der Waals surface area contributed by atoms with E-state index in [1.807, 2.05) is 0 Å². The first-order valence-electron chi connectivity index (χ1n) is 12.2. The van der Waals surface area contributed by atoms with Crippen molar-refractivity contribution < 1.29 is 43.2 Å². The fraction of sp³-hybridized carbons (Fsp3) is 0.640. The second-order valence-electron chi connectivity index (χ2n) is 9.56. The molecule has 36 heavy (non-hydrogen) atoms. The third-order valence-corrected chi connectivity index (χ3v) is 6.55. The number of carbonyl (C=O) groups is 4. The summed E-state index contributed by atoms with van der Waals surface area (Å²) in [6.45, 7) is 4.40. The first kappa shape index (κ1) is 27.2. The molecule has 3 rings (SSSR count). The highest BCUT2D eigenvalue weighted by atomic mass is 16.6. The van der Waals surface area contributed by atoms with Crippen LogP contribution in [0.15, 0.2) is 12.3 Å². The van der Waals surface area contributed by atoms with Crippen molar-refractivity contribution in [2.75, 3.05) is 13.7 Å². The molecule has 1 aliphatic carbocycles. The van der Waals surface area contributed by atoms with Crippen molar-refractivity contribution in [3.05, 3.63) is 18.0 Å².